The van der Waals surface area contributed by atoms with Crippen LogP contribution < -0.4 is 27.4 Å². The topological polar surface area (TPSA) is 105 Å². The molecule has 0 amide bonds. The van der Waals surface area contributed by atoms with Crippen molar-refractivity contribution in [1.29, 1.82) is 0 Å². The standard InChI is InChI=1S/C21H25FN8/c22-17-3-1-13(2-4-17)5-14-7-18(24-9-14)12-30-11-15(10-25-30)6-16-8-19(23)26-21-20(16)27-29-28-21/h1-4,8,10-11,14,18,24,27,29H,5-7,9,12H2,(H3,23,26,28). The summed E-state index contributed by atoms with van der Waals surface area (Å²) in [5.74, 6) is 1.57. The molecule has 1 fully saturated rings. The number of hydrogen-bond acceptors (Lipinski definition) is 7. The molecule has 1 saturated heterocycles. The normalized spacial score (nSPS) is 20.0. The zero-order valence-corrected chi connectivity index (χ0v) is 16.5. The molecule has 6 N–H and O–H groups in total. The third-order valence-electron chi connectivity index (χ3n) is 5.73. The molecular weight excluding hydrogens is 383 g/mol. The minimum absolute atomic E-state index is 0.182. The molecule has 3 aromatic rings. The van der Waals surface area contributed by atoms with Gasteiger partial charge in [0.25, 0.3) is 0 Å². The molecule has 156 valence electrons. The predicted molar refractivity (Wildman–Crippen MR) is 114 cm³/mol. The van der Waals surface area contributed by atoms with E-state index in [1.165, 1.54) is 17.7 Å². The van der Waals surface area contributed by atoms with E-state index >= 15 is 0 Å². The lowest BCUT2D eigenvalue weighted by atomic mass is 9.97. The smallest absolute Gasteiger partial charge is 0.169 e. The molecule has 8 nitrogen and oxygen atoms in total. The highest BCUT2D eigenvalue weighted by Crippen LogP contribution is 2.30. The zero-order valence-electron chi connectivity index (χ0n) is 16.5. The fourth-order valence-electron chi connectivity index (χ4n) is 4.34. The summed E-state index contributed by atoms with van der Waals surface area (Å²) in [6.45, 7) is 1.81. The van der Waals surface area contributed by atoms with Crippen LogP contribution in [-0.4, -0.2) is 27.4 Å². The second-order valence-electron chi connectivity index (χ2n) is 8.09. The monoisotopic (exact) mass is 408 g/mol. The highest BCUT2D eigenvalue weighted by atomic mass is 19.1. The van der Waals surface area contributed by atoms with Crippen molar-refractivity contribution in [2.45, 2.75) is 31.8 Å². The van der Waals surface area contributed by atoms with Crippen LogP contribution in [0, 0.1) is 11.7 Å². The lowest BCUT2D eigenvalue weighted by Crippen LogP contribution is -2.26. The van der Waals surface area contributed by atoms with Crippen LogP contribution in [0.25, 0.3) is 0 Å². The number of rotatable bonds is 6. The number of aromatic nitrogens is 3. The van der Waals surface area contributed by atoms with Gasteiger partial charge in [-0.3, -0.25) is 10.1 Å². The third kappa shape index (κ3) is 4.07. The SMILES string of the molecule is Nc1cc(Cc2cnn(CC3CC(Cc4ccc(F)cc4)CN3)c2)c2c(n1)NNN2. The summed E-state index contributed by atoms with van der Waals surface area (Å²) in [6.07, 6.45) is 6.77. The number of nitrogens with zero attached hydrogens (tertiary/aromatic N) is 3. The number of nitrogens with one attached hydrogen (secondary N) is 4. The number of nitrogen functional groups attached to an aromatic ring is 1. The summed E-state index contributed by atoms with van der Waals surface area (Å²) in [6, 6.07) is 9.10. The van der Waals surface area contributed by atoms with E-state index in [9.17, 15) is 4.39 Å². The fraction of sp³-hybridized carbons (Fsp3) is 0.333. The van der Waals surface area contributed by atoms with E-state index < -0.39 is 0 Å². The van der Waals surface area contributed by atoms with Crippen molar-refractivity contribution >= 4 is 17.3 Å². The molecule has 0 aliphatic carbocycles. The minimum atomic E-state index is -0.182. The maximum absolute atomic E-state index is 13.1. The van der Waals surface area contributed by atoms with Crippen LogP contribution >= 0.6 is 0 Å². The van der Waals surface area contributed by atoms with E-state index in [0.29, 0.717) is 23.6 Å². The van der Waals surface area contributed by atoms with Gasteiger partial charge in [0.15, 0.2) is 5.82 Å². The van der Waals surface area contributed by atoms with Gasteiger partial charge in [-0.2, -0.15) is 5.10 Å². The van der Waals surface area contributed by atoms with Gasteiger partial charge in [-0.25, -0.2) is 9.37 Å². The highest BCUT2D eigenvalue weighted by molar-refractivity contribution is 5.74. The van der Waals surface area contributed by atoms with E-state index in [1.54, 1.807) is 0 Å². The molecule has 2 unspecified atom stereocenters. The van der Waals surface area contributed by atoms with Gasteiger partial charge < -0.3 is 16.5 Å². The average molecular weight is 408 g/mol. The number of fused-ring (bicyclic) bond motifs is 1. The maximum atomic E-state index is 13.1. The molecule has 4 heterocycles. The van der Waals surface area contributed by atoms with Crippen LogP contribution in [0.15, 0.2) is 42.7 Å². The van der Waals surface area contributed by atoms with Crippen molar-refractivity contribution in [3.05, 3.63) is 65.2 Å². The first-order valence-corrected chi connectivity index (χ1v) is 10.2. The van der Waals surface area contributed by atoms with Crippen molar-refractivity contribution in [2.75, 3.05) is 23.1 Å². The Hall–Kier alpha value is -3.17. The van der Waals surface area contributed by atoms with Gasteiger partial charge in [-0.15, -0.1) is 5.53 Å². The van der Waals surface area contributed by atoms with E-state index in [1.807, 2.05) is 29.1 Å². The molecule has 0 saturated carbocycles. The van der Waals surface area contributed by atoms with Crippen molar-refractivity contribution < 1.29 is 4.39 Å². The Labute approximate surface area is 174 Å². The van der Waals surface area contributed by atoms with Crippen molar-refractivity contribution in [1.82, 2.24) is 25.6 Å². The first-order chi connectivity index (χ1) is 14.6. The molecule has 5 rings (SSSR count). The van der Waals surface area contributed by atoms with Crippen LogP contribution in [0.3, 0.4) is 0 Å². The molecule has 2 aliphatic heterocycles. The Bertz CT molecular complexity index is 1030. The largest absolute Gasteiger partial charge is 0.384 e. The lowest BCUT2D eigenvalue weighted by Gasteiger charge is -2.11. The van der Waals surface area contributed by atoms with Gasteiger partial charge in [0, 0.05) is 18.7 Å². The predicted octanol–water partition coefficient (Wildman–Crippen LogP) is 2.07. The third-order valence-corrected chi connectivity index (χ3v) is 5.73. The molecule has 9 heteroatoms. The Balaban J connectivity index is 1.18. The minimum Gasteiger partial charge on any atom is -0.384 e. The van der Waals surface area contributed by atoms with Crippen LogP contribution in [0.5, 0.6) is 0 Å². The highest BCUT2D eigenvalue weighted by Gasteiger charge is 2.25. The molecule has 30 heavy (non-hydrogen) atoms. The molecule has 1 aromatic carbocycles. The summed E-state index contributed by atoms with van der Waals surface area (Å²) < 4.78 is 15.1. The van der Waals surface area contributed by atoms with Crippen LogP contribution in [0.2, 0.25) is 0 Å². The Morgan fingerprint density at radius 2 is 2.03 bits per heavy atom. The van der Waals surface area contributed by atoms with Crippen LogP contribution in [0.1, 0.15) is 23.1 Å². The number of hydrazine groups is 2. The van der Waals surface area contributed by atoms with Crippen molar-refractivity contribution in [3.8, 4) is 0 Å². The van der Waals surface area contributed by atoms with Crippen LogP contribution in [-0.2, 0) is 19.4 Å². The van der Waals surface area contributed by atoms with Gasteiger partial charge in [-0.05, 0) is 60.2 Å². The lowest BCUT2D eigenvalue weighted by molar-refractivity contribution is 0.462. The van der Waals surface area contributed by atoms with Gasteiger partial charge in [0.2, 0.25) is 0 Å². The van der Waals surface area contributed by atoms with Gasteiger partial charge in [0.05, 0.1) is 18.4 Å². The second kappa shape index (κ2) is 7.92. The first kappa shape index (κ1) is 18.8. The van der Waals surface area contributed by atoms with Gasteiger partial charge in [0.1, 0.15) is 11.6 Å². The van der Waals surface area contributed by atoms with Crippen LogP contribution in [0.4, 0.5) is 21.7 Å². The fourth-order valence-corrected chi connectivity index (χ4v) is 4.34. The molecule has 0 bridgehead atoms. The second-order valence-corrected chi connectivity index (χ2v) is 8.09. The molecule has 2 atom stereocenters. The summed E-state index contributed by atoms with van der Waals surface area (Å²) in [4.78, 5) is 4.26. The molecule has 2 aromatic heterocycles. The first-order valence-electron chi connectivity index (χ1n) is 10.2. The molecule has 0 spiro atoms. The quantitative estimate of drug-likeness (QED) is 0.425. The number of hydrogen-bond donors (Lipinski definition) is 5. The summed E-state index contributed by atoms with van der Waals surface area (Å²) in [5.41, 5.74) is 19.1. The van der Waals surface area contributed by atoms with E-state index in [-0.39, 0.29) is 5.82 Å². The Kier molecular flexibility index (Phi) is 4.97. The summed E-state index contributed by atoms with van der Waals surface area (Å²) in [5, 5.41) is 8.15. The molecule has 0 radical (unpaired) electrons. The maximum Gasteiger partial charge on any atom is 0.169 e. The van der Waals surface area contributed by atoms with Gasteiger partial charge >= 0.3 is 0 Å². The average Bonchev–Trinajstić information content (AvgIpc) is 3.46. The summed E-state index contributed by atoms with van der Waals surface area (Å²) in [7, 11) is 0. The number of pyridine rings is 1. The molecular formula is C21H25FN8. The van der Waals surface area contributed by atoms with Crippen molar-refractivity contribution in [3.63, 3.8) is 0 Å². The van der Waals surface area contributed by atoms with E-state index in [4.69, 9.17) is 5.73 Å². The molecule has 2 aliphatic rings. The number of benzene rings is 1. The van der Waals surface area contributed by atoms with Crippen molar-refractivity contribution in [2.24, 2.45) is 5.92 Å². The van der Waals surface area contributed by atoms with Gasteiger partial charge in [-0.1, -0.05) is 12.1 Å². The zero-order chi connectivity index (χ0) is 20.5. The Morgan fingerprint density at radius 1 is 1.17 bits per heavy atom. The number of nitrogens with two attached hydrogens (primary N) is 1. The Morgan fingerprint density at radius 3 is 2.90 bits per heavy atom. The van der Waals surface area contributed by atoms with E-state index in [0.717, 1.165) is 49.2 Å². The van der Waals surface area contributed by atoms with E-state index in [2.05, 4.69) is 38.0 Å². The number of halogens is 1. The summed E-state index contributed by atoms with van der Waals surface area (Å²) >= 11 is 0. The number of anilines is 3.